The van der Waals surface area contributed by atoms with Crippen molar-refractivity contribution in [2.75, 3.05) is 6.54 Å². The number of aromatic nitrogens is 2. The van der Waals surface area contributed by atoms with Crippen LogP contribution in [0.1, 0.15) is 48.2 Å². The van der Waals surface area contributed by atoms with E-state index in [2.05, 4.69) is 29.8 Å². The zero-order valence-electron chi connectivity index (χ0n) is 13.0. The van der Waals surface area contributed by atoms with Crippen molar-refractivity contribution in [1.82, 2.24) is 9.78 Å². The van der Waals surface area contributed by atoms with E-state index in [-0.39, 0.29) is 0 Å². The first-order chi connectivity index (χ1) is 10.8. The van der Waals surface area contributed by atoms with E-state index in [9.17, 15) is 0 Å². The lowest BCUT2D eigenvalue weighted by Crippen LogP contribution is -2.19. The van der Waals surface area contributed by atoms with E-state index in [1.807, 2.05) is 12.1 Å². The van der Waals surface area contributed by atoms with Crippen molar-refractivity contribution in [1.29, 1.82) is 5.26 Å². The van der Waals surface area contributed by atoms with Crippen LogP contribution in [-0.2, 0) is 19.3 Å². The molecule has 0 saturated carbocycles. The van der Waals surface area contributed by atoms with Gasteiger partial charge >= 0.3 is 0 Å². The molecule has 3 rings (SSSR count). The van der Waals surface area contributed by atoms with Crippen molar-refractivity contribution in [3.8, 4) is 11.8 Å². The van der Waals surface area contributed by atoms with Gasteiger partial charge < -0.3 is 5.73 Å². The Bertz CT molecular complexity index is 691. The van der Waals surface area contributed by atoms with Crippen LogP contribution in [0.5, 0.6) is 0 Å². The number of benzene rings is 1. The van der Waals surface area contributed by atoms with Gasteiger partial charge in [0.05, 0.1) is 23.9 Å². The molecular formula is C18H22N4. The van der Waals surface area contributed by atoms with Gasteiger partial charge in [-0.1, -0.05) is 19.1 Å². The summed E-state index contributed by atoms with van der Waals surface area (Å²) in [6.07, 6.45) is 4.81. The molecule has 114 valence electrons. The van der Waals surface area contributed by atoms with Crippen molar-refractivity contribution in [2.24, 2.45) is 5.73 Å². The summed E-state index contributed by atoms with van der Waals surface area (Å²) in [5, 5.41) is 13.6. The highest BCUT2D eigenvalue weighted by molar-refractivity contribution is 5.42. The Hall–Kier alpha value is -2.12. The number of nitrogens with two attached hydrogens (primary N) is 1. The predicted molar refractivity (Wildman–Crippen MR) is 87.0 cm³/mol. The van der Waals surface area contributed by atoms with E-state index < -0.39 is 0 Å². The molecule has 2 aromatic rings. The third-order valence-electron chi connectivity index (χ3n) is 4.56. The van der Waals surface area contributed by atoms with E-state index in [4.69, 9.17) is 16.1 Å². The van der Waals surface area contributed by atoms with Gasteiger partial charge in [-0.05, 0) is 55.8 Å². The third-order valence-corrected chi connectivity index (χ3v) is 4.56. The van der Waals surface area contributed by atoms with Crippen LogP contribution in [0.4, 0.5) is 0 Å². The van der Waals surface area contributed by atoms with Crippen molar-refractivity contribution in [3.63, 3.8) is 0 Å². The van der Waals surface area contributed by atoms with Crippen LogP contribution in [0.15, 0.2) is 24.3 Å². The van der Waals surface area contributed by atoms with Crippen molar-refractivity contribution in [3.05, 3.63) is 46.8 Å². The van der Waals surface area contributed by atoms with Crippen LogP contribution in [0.3, 0.4) is 0 Å². The quantitative estimate of drug-likeness (QED) is 0.942. The molecule has 0 bridgehead atoms. The number of hydrogen-bond donors (Lipinski definition) is 1. The molecule has 0 spiro atoms. The molecule has 1 aromatic heterocycles. The Balaban J connectivity index is 2.04. The first-order valence-corrected chi connectivity index (χ1v) is 8.05. The molecule has 2 N–H and O–H groups in total. The van der Waals surface area contributed by atoms with Crippen LogP contribution in [0, 0.1) is 11.3 Å². The summed E-state index contributed by atoms with van der Waals surface area (Å²) in [5.41, 5.74) is 12.0. The molecular weight excluding hydrogens is 272 g/mol. The molecule has 1 aromatic carbocycles. The van der Waals surface area contributed by atoms with Gasteiger partial charge in [0.15, 0.2) is 0 Å². The molecule has 1 aliphatic carbocycles. The molecule has 4 nitrogen and oxygen atoms in total. The summed E-state index contributed by atoms with van der Waals surface area (Å²) in [5.74, 6) is 0.449. The first-order valence-electron chi connectivity index (χ1n) is 8.05. The van der Waals surface area contributed by atoms with Crippen LogP contribution in [0.2, 0.25) is 0 Å². The van der Waals surface area contributed by atoms with Gasteiger partial charge in [-0.15, -0.1) is 0 Å². The fraction of sp³-hybridized carbons (Fsp3) is 0.444. The van der Waals surface area contributed by atoms with Crippen LogP contribution in [-0.4, -0.2) is 16.3 Å². The Labute approximate surface area is 131 Å². The lowest BCUT2D eigenvalue weighted by atomic mass is 9.85. The first kappa shape index (κ1) is 14.8. The van der Waals surface area contributed by atoms with E-state index in [1.165, 1.54) is 29.8 Å². The number of nitrogens with zero attached hydrogens (tertiary/aromatic N) is 3. The van der Waals surface area contributed by atoms with E-state index in [0.717, 1.165) is 24.1 Å². The van der Waals surface area contributed by atoms with E-state index in [0.29, 0.717) is 18.9 Å². The highest BCUT2D eigenvalue weighted by Crippen LogP contribution is 2.35. The third kappa shape index (κ3) is 2.53. The maximum atomic E-state index is 8.78. The fourth-order valence-corrected chi connectivity index (χ4v) is 3.44. The molecule has 1 heterocycles. The average Bonchev–Trinajstić information content (AvgIpc) is 2.95. The van der Waals surface area contributed by atoms with Gasteiger partial charge in [0.2, 0.25) is 0 Å². The highest BCUT2D eigenvalue weighted by atomic mass is 15.3. The van der Waals surface area contributed by atoms with Crippen molar-refractivity contribution in [2.45, 2.75) is 44.9 Å². The summed E-state index contributed by atoms with van der Waals surface area (Å²) >= 11 is 0. The molecule has 1 unspecified atom stereocenters. The fourth-order valence-electron chi connectivity index (χ4n) is 3.44. The van der Waals surface area contributed by atoms with Crippen molar-refractivity contribution >= 4 is 0 Å². The zero-order chi connectivity index (χ0) is 15.5. The second-order valence-electron chi connectivity index (χ2n) is 5.90. The minimum absolute atomic E-state index is 0.449. The molecule has 22 heavy (non-hydrogen) atoms. The highest BCUT2D eigenvalue weighted by Gasteiger charge is 2.27. The average molecular weight is 294 g/mol. The number of hydrogen-bond acceptors (Lipinski definition) is 3. The van der Waals surface area contributed by atoms with Gasteiger partial charge in [-0.3, -0.25) is 0 Å². The Morgan fingerprint density at radius 3 is 2.77 bits per heavy atom. The SMILES string of the molecule is CCc1nn(-c2ccc(CC#N)cc2)c2c1C(CN)CCC2. The predicted octanol–water partition coefficient (Wildman–Crippen LogP) is 2.88. The number of fused-ring (bicyclic) bond motifs is 1. The molecule has 1 aliphatic rings. The summed E-state index contributed by atoms with van der Waals surface area (Å²) in [7, 11) is 0. The Kier molecular flexibility index (Phi) is 4.26. The molecule has 0 fully saturated rings. The monoisotopic (exact) mass is 294 g/mol. The molecule has 0 aliphatic heterocycles. The van der Waals surface area contributed by atoms with Gasteiger partial charge in [0.1, 0.15) is 0 Å². The number of aryl methyl sites for hydroxylation is 1. The lowest BCUT2D eigenvalue weighted by molar-refractivity contribution is 0.547. The molecule has 1 atom stereocenters. The second kappa shape index (κ2) is 6.33. The largest absolute Gasteiger partial charge is 0.330 e. The van der Waals surface area contributed by atoms with E-state index >= 15 is 0 Å². The molecule has 4 heteroatoms. The molecule has 0 saturated heterocycles. The topological polar surface area (TPSA) is 67.6 Å². The van der Waals surface area contributed by atoms with Gasteiger partial charge in [0, 0.05) is 11.3 Å². The summed E-state index contributed by atoms with van der Waals surface area (Å²) in [6.45, 7) is 2.86. The lowest BCUT2D eigenvalue weighted by Gasteiger charge is -2.22. The number of rotatable bonds is 4. The minimum atomic E-state index is 0.449. The summed E-state index contributed by atoms with van der Waals surface area (Å²) in [4.78, 5) is 0. The summed E-state index contributed by atoms with van der Waals surface area (Å²) < 4.78 is 2.09. The maximum Gasteiger partial charge on any atom is 0.0669 e. The van der Waals surface area contributed by atoms with Crippen LogP contribution < -0.4 is 5.73 Å². The second-order valence-corrected chi connectivity index (χ2v) is 5.90. The van der Waals surface area contributed by atoms with Crippen LogP contribution in [0.25, 0.3) is 5.69 Å². The van der Waals surface area contributed by atoms with Crippen LogP contribution >= 0.6 is 0 Å². The molecule has 0 radical (unpaired) electrons. The minimum Gasteiger partial charge on any atom is -0.330 e. The summed E-state index contributed by atoms with van der Waals surface area (Å²) in [6, 6.07) is 10.3. The smallest absolute Gasteiger partial charge is 0.0669 e. The normalized spacial score (nSPS) is 17.0. The van der Waals surface area contributed by atoms with E-state index in [1.54, 1.807) is 0 Å². The standard InChI is InChI=1S/C18H22N4/c1-2-16-18-14(12-20)4-3-5-17(18)22(21-16)15-8-6-13(7-9-15)10-11-19/h6-9,14H,2-5,10,12,20H2,1H3. The maximum absolute atomic E-state index is 8.78. The van der Waals surface area contributed by atoms with Crippen molar-refractivity contribution < 1.29 is 0 Å². The van der Waals surface area contributed by atoms with Gasteiger partial charge in [0.25, 0.3) is 0 Å². The molecule has 0 amide bonds. The Morgan fingerprint density at radius 2 is 2.14 bits per heavy atom. The zero-order valence-corrected chi connectivity index (χ0v) is 13.0. The van der Waals surface area contributed by atoms with Gasteiger partial charge in [-0.25, -0.2) is 4.68 Å². The van der Waals surface area contributed by atoms with Gasteiger partial charge in [-0.2, -0.15) is 10.4 Å². The Morgan fingerprint density at radius 1 is 1.36 bits per heavy atom. The number of nitriles is 1.